The van der Waals surface area contributed by atoms with E-state index >= 15 is 0 Å². The van der Waals surface area contributed by atoms with E-state index in [9.17, 15) is 0 Å². The second kappa shape index (κ2) is 4.75. The van der Waals surface area contributed by atoms with Gasteiger partial charge in [-0.2, -0.15) is 4.98 Å². The average Bonchev–Trinajstić information content (AvgIpc) is 2.65. The molecule has 2 aromatic rings. The topological polar surface area (TPSA) is 50.1 Å². The van der Waals surface area contributed by atoms with E-state index in [0.717, 1.165) is 24.2 Å². The maximum Gasteiger partial charge on any atom is 0.295 e. The lowest BCUT2D eigenvalue weighted by molar-refractivity contribution is 0.434. The van der Waals surface area contributed by atoms with Crippen molar-refractivity contribution in [2.75, 3.05) is 18.4 Å². The Morgan fingerprint density at radius 3 is 2.65 bits per heavy atom. The van der Waals surface area contributed by atoms with Crippen molar-refractivity contribution < 1.29 is 4.42 Å². The molecule has 1 heterocycles. The highest BCUT2D eigenvalue weighted by molar-refractivity contribution is 5.74. The highest BCUT2D eigenvalue weighted by atomic mass is 16.4. The van der Waals surface area contributed by atoms with Gasteiger partial charge in [0.15, 0.2) is 5.58 Å². The van der Waals surface area contributed by atoms with Crippen molar-refractivity contribution in [2.45, 2.75) is 26.3 Å². The lowest BCUT2D eigenvalue weighted by atomic mass is 10.1. The molecule has 2 N–H and O–H groups in total. The molecule has 0 fully saturated rings. The van der Waals surface area contributed by atoms with Gasteiger partial charge in [0.2, 0.25) is 0 Å². The second-order valence-corrected chi connectivity index (χ2v) is 5.09. The first-order valence-electron chi connectivity index (χ1n) is 5.89. The number of aromatic nitrogens is 1. The Morgan fingerprint density at radius 1 is 1.18 bits per heavy atom. The molecule has 0 saturated heterocycles. The van der Waals surface area contributed by atoms with Crippen LogP contribution in [-0.2, 0) is 0 Å². The largest absolute Gasteiger partial charge is 0.424 e. The van der Waals surface area contributed by atoms with Crippen LogP contribution in [0.2, 0.25) is 0 Å². The summed E-state index contributed by atoms with van der Waals surface area (Å²) in [6.07, 6.45) is 0. The summed E-state index contributed by atoms with van der Waals surface area (Å²) < 4.78 is 5.55. The van der Waals surface area contributed by atoms with Gasteiger partial charge in [-0.25, -0.2) is 0 Å². The number of para-hydroxylation sites is 2. The standard InChI is InChI=1S/C13H19N3O/c1-13(2,3)15-9-8-14-12-16-10-6-4-5-7-11(10)17-12/h4-7,15H,8-9H2,1-3H3,(H,14,16). The molecule has 4 heteroatoms. The third-order valence-electron chi connectivity index (χ3n) is 2.35. The molecule has 1 aromatic heterocycles. The van der Waals surface area contributed by atoms with Crippen LogP contribution in [0.5, 0.6) is 0 Å². The van der Waals surface area contributed by atoms with Gasteiger partial charge in [0.1, 0.15) is 5.52 Å². The van der Waals surface area contributed by atoms with Crippen LogP contribution in [0.4, 0.5) is 6.01 Å². The van der Waals surface area contributed by atoms with Crippen molar-refractivity contribution in [3.63, 3.8) is 0 Å². The van der Waals surface area contributed by atoms with Crippen LogP contribution in [0.25, 0.3) is 11.1 Å². The van der Waals surface area contributed by atoms with Crippen molar-refractivity contribution in [3.05, 3.63) is 24.3 Å². The Kier molecular flexibility index (Phi) is 3.33. The van der Waals surface area contributed by atoms with Gasteiger partial charge in [-0.1, -0.05) is 12.1 Å². The van der Waals surface area contributed by atoms with Gasteiger partial charge < -0.3 is 15.1 Å². The smallest absolute Gasteiger partial charge is 0.295 e. The summed E-state index contributed by atoms with van der Waals surface area (Å²) in [5.41, 5.74) is 1.85. The third kappa shape index (κ3) is 3.46. The van der Waals surface area contributed by atoms with Crippen LogP contribution in [0.15, 0.2) is 28.7 Å². The monoisotopic (exact) mass is 233 g/mol. The normalized spacial score (nSPS) is 11.9. The number of benzene rings is 1. The zero-order valence-corrected chi connectivity index (χ0v) is 10.6. The Morgan fingerprint density at radius 2 is 1.94 bits per heavy atom. The lowest BCUT2D eigenvalue weighted by Crippen LogP contribution is -2.38. The molecule has 0 aliphatic heterocycles. The number of anilines is 1. The van der Waals surface area contributed by atoms with E-state index in [1.165, 1.54) is 0 Å². The number of nitrogens with one attached hydrogen (secondary N) is 2. The molecule has 0 aliphatic carbocycles. The van der Waals surface area contributed by atoms with Gasteiger partial charge in [-0.15, -0.1) is 0 Å². The number of oxazole rings is 1. The highest BCUT2D eigenvalue weighted by Gasteiger charge is 2.08. The van der Waals surface area contributed by atoms with Crippen LogP contribution in [0, 0.1) is 0 Å². The first-order valence-corrected chi connectivity index (χ1v) is 5.89. The summed E-state index contributed by atoms with van der Waals surface area (Å²) >= 11 is 0. The molecule has 0 aliphatic rings. The first kappa shape index (κ1) is 11.9. The van der Waals surface area contributed by atoms with Crippen LogP contribution in [0.3, 0.4) is 0 Å². The fraction of sp³-hybridized carbons (Fsp3) is 0.462. The molecule has 0 atom stereocenters. The summed E-state index contributed by atoms with van der Waals surface area (Å²) in [6.45, 7) is 8.11. The average molecular weight is 233 g/mol. The molecule has 1 aromatic carbocycles. The van der Waals surface area contributed by atoms with Gasteiger partial charge >= 0.3 is 0 Å². The predicted molar refractivity (Wildman–Crippen MR) is 70.3 cm³/mol. The van der Waals surface area contributed by atoms with Crippen molar-refractivity contribution in [1.82, 2.24) is 10.3 Å². The maximum atomic E-state index is 5.55. The fourth-order valence-corrected chi connectivity index (χ4v) is 1.55. The molecule has 2 rings (SSSR count). The van der Waals surface area contributed by atoms with Crippen LogP contribution in [0.1, 0.15) is 20.8 Å². The summed E-state index contributed by atoms with van der Waals surface area (Å²) in [4.78, 5) is 4.34. The first-order chi connectivity index (χ1) is 8.04. The van der Waals surface area contributed by atoms with Crippen molar-refractivity contribution in [2.24, 2.45) is 0 Å². The molecule has 0 amide bonds. The molecular weight excluding hydrogens is 214 g/mol. The molecule has 0 unspecified atom stereocenters. The molecular formula is C13H19N3O. The van der Waals surface area contributed by atoms with Crippen molar-refractivity contribution >= 4 is 17.1 Å². The molecule has 0 saturated carbocycles. The molecule has 92 valence electrons. The van der Waals surface area contributed by atoms with Gasteiger partial charge in [-0.3, -0.25) is 0 Å². The zero-order chi connectivity index (χ0) is 12.3. The van der Waals surface area contributed by atoms with Gasteiger partial charge in [0, 0.05) is 18.6 Å². The van der Waals surface area contributed by atoms with E-state index in [2.05, 4.69) is 36.4 Å². The lowest BCUT2D eigenvalue weighted by Gasteiger charge is -2.20. The molecule has 4 nitrogen and oxygen atoms in total. The van der Waals surface area contributed by atoms with Crippen LogP contribution < -0.4 is 10.6 Å². The van der Waals surface area contributed by atoms with Gasteiger partial charge in [0.05, 0.1) is 0 Å². The van der Waals surface area contributed by atoms with Crippen molar-refractivity contribution in [1.29, 1.82) is 0 Å². The molecule has 0 bridgehead atoms. The Balaban J connectivity index is 1.87. The zero-order valence-electron chi connectivity index (χ0n) is 10.6. The number of fused-ring (bicyclic) bond motifs is 1. The highest BCUT2D eigenvalue weighted by Crippen LogP contribution is 2.17. The van der Waals surface area contributed by atoms with Gasteiger partial charge in [0.25, 0.3) is 6.01 Å². The van der Waals surface area contributed by atoms with E-state index in [1.807, 2.05) is 24.3 Å². The second-order valence-electron chi connectivity index (χ2n) is 5.09. The minimum absolute atomic E-state index is 0.142. The van der Waals surface area contributed by atoms with E-state index in [4.69, 9.17) is 4.42 Å². The van der Waals surface area contributed by atoms with E-state index < -0.39 is 0 Å². The van der Waals surface area contributed by atoms with Crippen LogP contribution >= 0.6 is 0 Å². The van der Waals surface area contributed by atoms with Gasteiger partial charge in [-0.05, 0) is 32.9 Å². The van der Waals surface area contributed by atoms with E-state index in [-0.39, 0.29) is 5.54 Å². The Hall–Kier alpha value is -1.55. The Labute approximate surface area is 101 Å². The SMILES string of the molecule is CC(C)(C)NCCNc1nc2ccccc2o1. The molecule has 17 heavy (non-hydrogen) atoms. The number of rotatable bonds is 4. The molecule has 0 radical (unpaired) electrons. The summed E-state index contributed by atoms with van der Waals surface area (Å²) in [6, 6.07) is 8.34. The van der Waals surface area contributed by atoms with Crippen LogP contribution in [-0.4, -0.2) is 23.6 Å². The number of nitrogens with zero attached hydrogens (tertiary/aromatic N) is 1. The predicted octanol–water partition coefficient (Wildman–Crippen LogP) is 2.63. The molecule has 0 spiro atoms. The maximum absolute atomic E-state index is 5.55. The Bertz CT molecular complexity index is 452. The fourth-order valence-electron chi connectivity index (χ4n) is 1.55. The summed E-state index contributed by atoms with van der Waals surface area (Å²) in [7, 11) is 0. The van der Waals surface area contributed by atoms with E-state index in [1.54, 1.807) is 0 Å². The number of hydrogen-bond acceptors (Lipinski definition) is 4. The number of hydrogen-bond donors (Lipinski definition) is 2. The summed E-state index contributed by atoms with van der Waals surface area (Å²) in [5.74, 6) is 0. The minimum Gasteiger partial charge on any atom is -0.424 e. The summed E-state index contributed by atoms with van der Waals surface area (Å²) in [5, 5.41) is 6.56. The quantitative estimate of drug-likeness (QED) is 0.797. The third-order valence-corrected chi connectivity index (χ3v) is 2.35. The minimum atomic E-state index is 0.142. The van der Waals surface area contributed by atoms with Crippen molar-refractivity contribution in [3.8, 4) is 0 Å². The van der Waals surface area contributed by atoms with E-state index in [0.29, 0.717) is 6.01 Å².